The Bertz CT molecular complexity index is 469. The Labute approximate surface area is 110 Å². The zero-order valence-corrected chi connectivity index (χ0v) is 10.5. The van der Waals surface area contributed by atoms with Crippen molar-refractivity contribution >= 4 is 11.9 Å². The molecule has 2 N–H and O–H groups in total. The van der Waals surface area contributed by atoms with Crippen LogP contribution >= 0.6 is 0 Å². The minimum atomic E-state index is -1.15. The molecule has 0 aliphatic carbocycles. The predicted molar refractivity (Wildman–Crippen MR) is 67.1 cm³/mol. The monoisotopic (exact) mass is 264 g/mol. The summed E-state index contributed by atoms with van der Waals surface area (Å²) in [5, 5.41) is 11.7. The van der Waals surface area contributed by atoms with Gasteiger partial charge in [-0.3, -0.25) is 9.78 Å². The Morgan fingerprint density at radius 2 is 2.16 bits per heavy atom. The quantitative estimate of drug-likeness (QED) is 0.844. The molecule has 1 fully saturated rings. The fourth-order valence-electron chi connectivity index (χ4n) is 2.03. The van der Waals surface area contributed by atoms with Crippen molar-refractivity contribution in [2.24, 2.45) is 5.92 Å². The summed E-state index contributed by atoms with van der Waals surface area (Å²) in [5.74, 6) is -1.21. The molecule has 6 heteroatoms. The van der Waals surface area contributed by atoms with Gasteiger partial charge in [0.05, 0.1) is 5.56 Å². The molecule has 0 bridgehead atoms. The van der Waals surface area contributed by atoms with E-state index >= 15 is 0 Å². The molecule has 0 aromatic carbocycles. The van der Waals surface area contributed by atoms with E-state index in [0.29, 0.717) is 25.7 Å². The highest BCUT2D eigenvalue weighted by Gasteiger charge is 2.19. The van der Waals surface area contributed by atoms with Crippen LogP contribution in [-0.2, 0) is 4.74 Å². The Hall–Kier alpha value is -1.95. The number of ether oxygens (including phenoxy) is 1. The Morgan fingerprint density at radius 3 is 2.84 bits per heavy atom. The molecule has 0 radical (unpaired) electrons. The molecule has 6 nitrogen and oxygen atoms in total. The van der Waals surface area contributed by atoms with E-state index in [0.717, 1.165) is 12.8 Å². The number of carbonyl (C=O) groups excluding carboxylic acids is 1. The number of hydrogen-bond acceptors (Lipinski definition) is 4. The smallest absolute Gasteiger partial charge is 0.338 e. The maximum atomic E-state index is 11.9. The van der Waals surface area contributed by atoms with Gasteiger partial charge in [0.1, 0.15) is 5.69 Å². The summed E-state index contributed by atoms with van der Waals surface area (Å²) in [4.78, 5) is 26.8. The van der Waals surface area contributed by atoms with E-state index in [2.05, 4.69) is 10.3 Å². The third kappa shape index (κ3) is 3.51. The minimum Gasteiger partial charge on any atom is -0.478 e. The van der Waals surface area contributed by atoms with Crippen molar-refractivity contribution in [2.75, 3.05) is 19.8 Å². The third-order valence-electron chi connectivity index (χ3n) is 3.15. The number of pyridine rings is 1. The number of nitrogens with zero attached hydrogens (tertiary/aromatic N) is 1. The van der Waals surface area contributed by atoms with Crippen LogP contribution in [0.5, 0.6) is 0 Å². The number of nitrogens with one attached hydrogen (secondary N) is 1. The van der Waals surface area contributed by atoms with E-state index in [4.69, 9.17) is 9.84 Å². The molecule has 102 valence electrons. The van der Waals surface area contributed by atoms with Crippen LogP contribution in [0.25, 0.3) is 0 Å². The lowest BCUT2D eigenvalue weighted by Gasteiger charge is -2.22. The largest absolute Gasteiger partial charge is 0.478 e. The highest BCUT2D eigenvalue weighted by atomic mass is 16.5. The number of carboxylic acids is 1. The molecule has 1 aromatic rings. The minimum absolute atomic E-state index is 0.0398. The van der Waals surface area contributed by atoms with Gasteiger partial charge >= 0.3 is 5.97 Å². The standard InChI is InChI=1S/C13H16N2O4/c16-12(15-8-9-3-6-19-7-4-9)11-10(13(17)18)2-1-5-14-11/h1-2,5,9H,3-4,6-8H2,(H,15,16)(H,17,18). The topological polar surface area (TPSA) is 88.5 Å². The fourth-order valence-corrected chi connectivity index (χ4v) is 2.03. The predicted octanol–water partition coefficient (Wildman–Crippen LogP) is 0.936. The molecule has 1 amide bonds. The maximum Gasteiger partial charge on any atom is 0.338 e. The third-order valence-corrected chi connectivity index (χ3v) is 3.15. The van der Waals surface area contributed by atoms with Crippen LogP contribution in [0.1, 0.15) is 33.7 Å². The van der Waals surface area contributed by atoms with Crippen molar-refractivity contribution < 1.29 is 19.4 Å². The lowest BCUT2D eigenvalue weighted by atomic mass is 10.0. The Morgan fingerprint density at radius 1 is 1.42 bits per heavy atom. The van der Waals surface area contributed by atoms with Crippen LogP contribution in [0, 0.1) is 5.92 Å². The first-order valence-corrected chi connectivity index (χ1v) is 6.22. The summed E-state index contributed by atoms with van der Waals surface area (Å²) in [7, 11) is 0. The molecule has 1 aromatic heterocycles. The zero-order chi connectivity index (χ0) is 13.7. The molecule has 0 saturated carbocycles. The molecule has 0 unspecified atom stereocenters. The van der Waals surface area contributed by atoms with E-state index in [9.17, 15) is 9.59 Å². The first kappa shape index (κ1) is 13.5. The summed E-state index contributed by atoms with van der Waals surface area (Å²) < 4.78 is 5.24. The number of amides is 1. The van der Waals surface area contributed by atoms with E-state index in [1.54, 1.807) is 0 Å². The Kier molecular flexibility index (Phi) is 4.46. The normalized spacial score (nSPS) is 16.0. The maximum absolute atomic E-state index is 11.9. The summed E-state index contributed by atoms with van der Waals surface area (Å²) in [6, 6.07) is 2.87. The highest BCUT2D eigenvalue weighted by molar-refractivity contribution is 6.03. The van der Waals surface area contributed by atoms with Crippen LogP contribution in [-0.4, -0.2) is 41.7 Å². The second-order valence-corrected chi connectivity index (χ2v) is 4.47. The van der Waals surface area contributed by atoms with Gasteiger partial charge in [0, 0.05) is 26.0 Å². The van der Waals surface area contributed by atoms with Crippen LogP contribution in [0.3, 0.4) is 0 Å². The SMILES string of the molecule is O=C(O)c1cccnc1C(=O)NCC1CCOCC1. The van der Waals surface area contributed by atoms with Crippen molar-refractivity contribution in [3.8, 4) is 0 Å². The summed E-state index contributed by atoms with van der Waals surface area (Å²) in [5.41, 5.74) is -0.117. The van der Waals surface area contributed by atoms with E-state index in [1.807, 2.05) is 0 Å². The first-order valence-electron chi connectivity index (χ1n) is 6.22. The van der Waals surface area contributed by atoms with Gasteiger partial charge in [0.2, 0.25) is 0 Å². The summed E-state index contributed by atoms with van der Waals surface area (Å²) in [6.07, 6.45) is 3.23. The van der Waals surface area contributed by atoms with Gasteiger partial charge in [-0.15, -0.1) is 0 Å². The lowest BCUT2D eigenvalue weighted by Crippen LogP contribution is -2.33. The fraction of sp³-hybridized carbons (Fsp3) is 0.462. The van der Waals surface area contributed by atoms with Crippen LogP contribution in [0.4, 0.5) is 0 Å². The number of rotatable bonds is 4. The van der Waals surface area contributed by atoms with E-state index in [1.165, 1.54) is 18.3 Å². The average molecular weight is 264 g/mol. The number of carbonyl (C=O) groups is 2. The van der Waals surface area contributed by atoms with E-state index < -0.39 is 11.9 Å². The molecule has 2 heterocycles. The van der Waals surface area contributed by atoms with Gasteiger partial charge in [0.25, 0.3) is 5.91 Å². The molecular formula is C13H16N2O4. The lowest BCUT2D eigenvalue weighted by molar-refractivity contribution is 0.0639. The Balaban J connectivity index is 1.97. The first-order chi connectivity index (χ1) is 9.18. The molecule has 1 saturated heterocycles. The van der Waals surface area contributed by atoms with Crippen molar-refractivity contribution in [3.05, 3.63) is 29.6 Å². The molecule has 0 atom stereocenters. The number of carboxylic acid groups (broad SMARTS) is 1. The van der Waals surface area contributed by atoms with Gasteiger partial charge < -0.3 is 15.2 Å². The number of hydrogen-bond donors (Lipinski definition) is 2. The molecule has 1 aliphatic rings. The number of aromatic carboxylic acids is 1. The molecule has 1 aliphatic heterocycles. The summed E-state index contributed by atoms with van der Waals surface area (Å²) in [6.45, 7) is 1.95. The van der Waals surface area contributed by atoms with Crippen LogP contribution in [0.15, 0.2) is 18.3 Å². The highest BCUT2D eigenvalue weighted by Crippen LogP contribution is 2.13. The summed E-state index contributed by atoms with van der Waals surface area (Å²) >= 11 is 0. The molecule has 0 spiro atoms. The van der Waals surface area contributed by atoms with Gasteiger partial charge in [-0.05, 0) is 30.9 Å². The van der Waals surface area contributed by atoms with Gasteiger partial charge in [-0.1, -0.05) is 0 Å². The van der Waals surface area contributed by atoms with Crippen molar-refractivity contribution in [2.45, 2.75) is 12.8 Å². The molecular weight excluding hydrogens is 248 g/mol. The number of aromatic nitrogens is 1. The average Bonchev–Trinajstić information content (AvgIpc) is 2.46. The molecule has 19 heavy (non-hydrogen) atoms. The van der Waals surface area contributed by atoms with Gasteiger partial charge in [-0.2, -0.15) is 0 Å². The van der Waals surface area contributed by atoms with Crippen LogP contribution < -0.4 is 5.32 Å². The molecule has 2 rings (SSSR count). The van der Waals surface area contributed by atoms with Crippen molar-refractivity contribution in [1.29, 1.82) is 0 Å². The van der Waals surface area contributed by atoms with Gasteiger partial charge in [-0.25, -0.2) is 4.79 Å². The van der Waals surface area contributed by atoms with Gasteiger partial charge in [0.15, 0.2) is 0 Å². The van der Waals surface area contributed by atoms with E-state index in [-0.39, 0.29) is 11.3 Å². The van der Waals surface area contributed by atoms with Crippen molar-refractivity contribution in [3.63, 3.8) is 0 Å². The second-order valence-electron chi connectivity index (χ2n) is 4.47. The van der Waals surface area contributed by atoms with Crippen LogP contribution in [0.2, 0.25) is 0 Å². The zero-order valence-electron chi connectivity index (χ0n) is 10.5. The van der Waals surface area contributed by atoms with Crippen molar-refractivity contribution in [1.82, 2.24) is 10.3 Å². The second kappa shape index (κ2) is 6.29.